The quantitative estimate of drug-likeness (QED) is 0.625. The normalized spacial score (nSPS) is 18.5. The Balaban J connectivity index is 2.22. The van der Waals surface area contributed by atoms with Gasteiger partial charge in [-0.2, -0.15) is 0 Å². The summed E-state index contributed by atoms with van der Waals surface area (Å²) >= 11 is 0. The molecule has 0 amide bonds. The molecule has 0 N–H and O–H groups in total. The first-order valence-electron chi connectivity index (χ1n) is 5.71. The molecule has 1 nitrogen and oxygen atoms in total. The van der Waals surface area contributed by atoms with Crippen LogP contribution in [0.1, 0.15) is 46.3 Å². The Morgan fingerprint density at radius 2 is 1.93 bits per heavy atom. The van der Waals surface area contributed by atoms with Crippen LogP contribution in [0, 0.1) is 0 Å². The number of rotatable bonds is 0. The highest BCUT2D eigenvalue weighted by atomic mass is 16.1. The summed E-state index contributed by atoms with van der Waals surface area (Å²) in [6.07, 6.45) is 9.52. The van der Waals surface area contributed by atoms with Gasteiger partial charge in [0.2, 0.25) is 0 Å². The number of fused-ring (bicyclic) bond motifs is 3. The van der Waals surface area contributed by atoms with Gasteiger partial charge in [0.1, 0.15) is 0 Å². The fourth-order valence-electron chi connectivity index (χ4n) is 2.71. The molecule has 76 valence electrons. The number of carbonyl (C=O) groups is 1. The molecule has 0 radical (unpaired) electrons. The second kappa shape index (κ2) is 3.34. The van der Waals surface area contributed by atoms with E-state index in [0.717, 1.165) is 37.7 Å². The van der Waals surface area contributed by atoms with E-state index >= 15 is 0 Å². The maximum absolute atomic E-state index is 11.8. The molecular formula is C14H14O. The highest BCUT2D eigenvalue weighted by Crippen LogP contribution is 2.30. The van der Waals surface area contributed by atoms with Crippen LogP contribution < -0.4 is 0 Å². The fourth-order valence-corrected chi connectivity index (χ4v) is 2.71. The lowest BCUT2D eigenvalue weighted by Crippen LogP contribution is -2.14. The van der Waals surface area contributed by atoms with E-state index in [9.17, 15) is 4.79 Å². The van der Waals surface area contributed by atoms with Crippen molar-refractivity contribution in [2.45, 2.75) is 32.1 Å². The predicted molar refractivity (Wildman–Crippen MR) is 61.1 cm³/mol. The van der Waals surface area contributed by atoms with Crippen molar-refractivity contribution in [2.75, 3.05) is 0 Å². The average molecular weight is 198 g/mol. The summed E-state index contributed by atoms with van der Waals surface area (Å²) in [7, 11) is 0. The van der Waals surface area contributed by atoms with Crippen LogP contribution in [0.4, 0.5) is 0 Å². The first kappa shape index (κ1) is 8.90. The van der Waals surface area contributed by atoms with Gasteiger partial charge < -0.3 is 0 Å². The molecule has 0 saturated carbocycles. The molecule has 0 aliphatic heterocycles. The zero-order chi connectivity index (χ0) is 10.3. The molecule has 0 heterocycles. The summed E-state index contributed by atoms with van der Waals surface area (Å²) in [5.41, 5.74) is 5.10. The van der Waals surface area contributed by atoms with E-state index in [2.05, 4.69) is 18.2 Å². The Kier molecular flexibility index (Phi) is 1.98. The summed E-state index contributed by atoms with van der Waals surface area (Å²) in [4.78, 5) is 11.8. The number of Topliss-reactive ketones (excluding diaryl/α,β-unsaturated/α-hetero) is 1. The Bertz CT molecular complexity index is 455. The molecule has 1 aromatic carbocycles. The molecule has 2 aliphatic rings. The third-order valence-electron chi connectivity index (χ3n) is 3.46. The van der Waals surface area contributed by atoms with Gasteiger partial charge in [-0.05, 0) is 42.4 Å². The maximum Gasteiger partial charge on any atom is 0.163 e. The van der Waals surface area contributed by atoms with Crippen LogP contribution in [0.25, 0.3) is 6.08 Å². The first-order chi connectivity index (χ1) is 7.36. The fraction of sp³-hybridized carbons (Fsp3) is 0.357. The van der Waals surface area contributed by atoms with Crippen LogP contribution >= 0.6 is 0 Å². The van der Waals surface area contributed by atoms with Crippen molar-refractivity contribution >= 4 is 11.9 Å². The van der Waals surface area contributed by atoms with Gasteiger partial charge in [0.25, 0.3) is 0 Å². The van der Waals surface area contributed by atoms with Crippen molar-refractivity contribution in [1.82, 2.24) is 0 Å². The second-order valence-corrected chi connectivity index (χ2v) is 4.38. The van der Waals surface area contributed by atoms with Crippen molar-refractivity contribution in [3.8, 4) is 0 Å². The van der Waals surface area contributed by atoms with Crippen LogP contribution in [0.3, 0.4) is 0 Å². The minimum atomic E-state index is 0.341. The topological polar surface area (TPSA) is 17.1 Å². The van der Waals surface area contributed by atoms with E-state index < -0.39 is 0 Å². The van der Waals surface area contributed by atoms with E-state index in [-0.39, 0.29) is 0 Å². The standard InChI is InChI=1S/C14H14O/c15-14-7-3-6-12-11-5-2-1-4-10(11)8-9-13(12)14/h1,4,8-9H,2-3,5-7H2. The predicted octanol–water partition coefficient (Wildman–Crippen LogP) is 3.17. The van der Waals surface area contributed by atoms with Gasteiger partial charge in [-0.3, -0.25) is 4.79 Å². The summed E-state index contributed by atoms with van der Waals surface area (Å²) in [5, 5.41) is 0. The molecule has 1 aromatic rings. The number of benzene rings is 1. The van der Waals surface area contributed by atoms with Crippen molar-refractivity contribution in [3.05, 3.63) is 40.5 Å². The van der Waals surface area contributed by atoms with Crippen molar-refractivity contribution in [3.63, 3.8) is 0 Å². The lowest BCUT2D eigenvalue weighted by molar-refractivity contribution is 0.0972. The number of allylic oxidation sites excluding steroid dienone is 1. The molecule has 0 unspecified atom stereocenters. The molecule has 0 aromatic heterocycles. The third-order valence-corrected chi connectivity index (χ3v) is 3.46. The van der Waals surface area contributed by atoms with Crippen LogP contribution in [0.15, 0.2) is 18.2 Å². The van der Waals surface area contributed by atoms with Crippen molar-refractivity contribution < 1.29 is 4.79 Å². The van der Waals surface area contributed by atoms with Crippen molar-refractivity contribution in [1.29, 1.82) is 0 Å². The SMILES string of the molecule is O=C1CCCc2c1ccc1c2CCC=C1. The molecule has 15 heavy (non-hydrogen) atoms. The summed E-state index contributed by atoms with van der Waals surface area (Å²) in [5.74, 6) is 0.341. The average Bonchev–Trinajstić information content (AvgIpc) is 2.29. The maximum atomic E-state index is 11.8. The van der Waals surface area contributed by atoms with Gasteiger partial charge in [0, 0.05) is 12.0 Å². The first-order valence-corrected chi connectivity index (χ1v) is 5.71. The van der Waals surface area contributed by atoms with Gasteiger partial charge in [0.05, 0.1) is 0 Å². The molecule has 0 fully saturated rings. The summed E-state index contributed by atoms with van der Waals surface area (Å²) in [6.45, 7) is 0. The molecule has 0 spiro atoms. The zero-order valence-electron chi connectivity index (χ0n) is 8.75. The highest BCUT2D eigenvalue weighted by Gasteiger charge is 2.21. The molecule has 3 rings (SSSR count). The van der Waals surface area contributed by atoms with Crippen LogP contribution in [0.2, 0.25) is 0 Å². The van der Waals surface area contributed by atoms with Crippen LogP contribution in [-0.4, -0.2) is 5.78 Å². The lowest BCUT2D eigenvalue weighted by Gasteiger charge is -2.22. The minimum absolute atomic E-state index is 0.341. The molecule has 0 saturated heterocycles. The van der Waals surface area contributed by atoms with E-state index in [1.807, 2.05) is 6.07 Å². The smallest absolute Gasteiger partial charge is 0.163 e. The Labute approximate surface area is 89.8 Å². The Morgan fingerprint density at radius 3 is 2.87 bits per heavy atom. The number of carbonyl (C=O) groups excluding carboxylic acids is 1. The lowest BCUT2D eigenvalue weighted by atomic mass is 9.82. The summed E-state index contributed by atoms with van der Waals surface area (Å²) in [6, 6.07) is 4.12. The number of ketones is 1. The van der Waals surface area contributed by atoms with E-state index in [0.29, 0.717) is 5.78 Å². The molecule has 0 bridgehead atoms. The van der Waals surface area contributed by atoms with E-state index in [1.54, 1.807) is 0 Å². The van der Waals surface area contributed by atoms with Gasteiger partial charge in [0.15, 0.2) is 5.78 Å². The molecule has 1 heteroatoms. The highest BCUT2D eigenvalue weighted by molar-refractivity contribution is 5.99. The van der Waals surface area contributed by atoms with Crippen LogP contribution in [-0.2, 0) is 12.8 Å². The van der Waals surface area contributed by atoms with Gasteiger partial charge >= 0.3 is 0 Å². The van der Waals surface area contributed by atoms with Gasteiger partial charge in [-0.15, -0.1) is 0 Å². The number of hydrogen-bond acceptors (Lipinski definition) is 1. The van der Waals surface area contributed by atoms with Crippen LogP contribution in [0.5, 0.6) is 0 Å². The number of hydrogen-bond donors (Lipinski definition) is 0. The van der Waals surface area contributed by atoms with Gasteiger partial charge in [-0.25, -0.2) is 0 Å². The second-order valence-electron chi connectivity index (χ2n) is 4.38. The van der Waals surface area contributed by atoms with E-state index in [1.165, 1.54) is 16.7 Å². The Hall–Kier alpha value is -1.37. The molecule has 0 atom stereocenters. The molecular weight excluding hydrogens is 184 g/mol. The molecule has 2 aliphatic carbocycles. The summed E-state index contributed by atoms with van der Waals surface area (Å²) < 4.78 is 0. The van der Waals surface area contributed by atoms with Gasteiger partial charge in [-0.1, -0.05) is 24.3 Å². The monoisotopic (exact) mass is 198 g/mol. The minimum Gasteiger partial charge on any atom is -0.294 e. The largest absolute Gasteiger partial charge is 0.294 e. The zero-order valence-corrected chi connectivity index (χ0v) is 8.75. The Morgan fingerprint density at radius 1 is 1.00 bits per heavy atom. The third kappa shape index (κ3) is 1.34. The van der Waals surface area contributed by atoms with Crippen molar-refractivity contribution in [2.24, 2.45) is 0 Å². The van der Waals surface area contributed by atoms with E-state index in [4.69, 9.17) is 0 Å².